The fourth-order valence-corrected chi connectivity index (χ4v) is 19.6. The minimum absolute atomic E-state index is 0.226. The molecule has 9 aromatic heterocycles. The van der Waals surface area contributed by atoms with Gasteiger partial charge < -0.3 is 84.3 Å². The summed E-state index contributed by atoms with van der Waals surface area (Å²) in [4.78, 5) is 39.0. The summed E-state index contributed by atoms with van der Waals surface area (Å²) in [6.07, 6.45) is 44.9. The van der Waals surface area contributed by atoms with Crippen LogP contribution in [0.5, 0.6) is 28.7 Å². The van der Waals surface area contributed by atoms with E-state index in [4.69, 9.17) is 23.3 Å². The highest BCUT2D eigenvalue weighted by Crippen LogP contribution is 2.52. The molecule has 2 atom stereocenters. The second-order valence-corrected chi connectivity index (χ2v) is 33.1. The fourth-order valence-electron chi connectivity index (χ4n) is 19.6. The summed E-state index contributed by atoms with van der Waals surface area (Å²) in [6, 6.07) is 13.9. The van der Waals surface area contributed by atoms with Crippen molar-refractivity contribution in [2.45, 2.75) is 161 Å². The molecule has 0 saturated heterocycles. The number of aromatic amines is 4. The lowest BCUT2D eigenvalue weighted by Crippen LogP contribution is -2.38. The average Bonchev–Trinajstić information content (AvgIpc) is 1.69. The van der Waals surface area contributed by atoms with E-state index in [1.165, 1.54) is 98.6 Å². The van der Waals surface area contributed by atoms with Crippen molar-refractivity contribution in [1.29, 1.82) is 0 Å². The smallest absolute Gasteiger partial charge is 0.531 e. The Kier molecular flexibility index (Phi) is 22.1. The number of allylic oxidation sites excluding steroid dienone is 7. The van der Waals surface area contributed by atoms with Crippen LogP contribution in [0.2, 0.25) is 0 Å². The molecule has 0 unspecified atom stereocenters. The predicted molar refractivity (Wildman–Crippen MR) is 457 cm³/mol. The van der Waals surface area contributed by atoms with E-state index >= 15 is 0 Å². The van der Waals surface area contributed by atoms with Crippen LogP contribution in [0, 0.1) is 54.2 Å². The molecule has 116 heavy (non-hydrogen) atoms. The highest BCUT2D eigenvalue weighted by atomic mass is 19.1. The third-order valence-electron chi connectivity index (χ3n) is 25.6. The van der Waals surface area contributed by atoms with Gasteiger partial charge in [-0.15, -0.1) is 0 Å². The Hall–Kier alpha value is -10.4. The maximum absolute atomic E-state index is 13.0. The first-order valence-electron chi connectivity index (χ1n) is 41.7. The summed E-state index contributed by atoms with van der Waals surface area (Å²) >= 11 is 0. The van der Waals surface area contributed by atoms with Gasteiger partial charge in [0.25, 0.3) is 0 Å². The molecule has 5 saturated carbocycles. The Bertz CT molecular complexity index is 5420. The fraction of sp³-hybridized carbons (Fsp3) is 0.379. The number of benzene rings is 1. The zero-order valence-corrected chi connectivity index (χ0v) is 65.9. The molecule has 14 heterocycles. The third kappa shape index (κ3) is 15.9. The zero-order chi connectivity index (χ0) is 79.2. The lowest BCUT2D eigenvalue weighted by Gasteiger charge is -2.40. The number of H-pyrrole nitrogens is 4. The topological polar surface area (TPSA) is 324 Å². The number of aromatic nitrogens is 10. The van der Waals surface area contributed by atoms with Gasteiger partial charge in [0.2, 0.25) is 5.95 Å². The van der Waals surface area contributed by atoms with Gasteiger partial charge >= 0.3 is 35.6 Å². The Morgan fingerprint density at radius 1 is 0.440 bits per heavy atom. The second-order valence-electron chi connectivity index (χ2n) is 33.1. The monoisotopic (exact) mass is 1560 g/mol. The molecule has 10 aromatic rings. The number of hydrogen-bond acceptors (Lipinski definition) is 19. The van der Waals surface area contributed by atoms with Gasteiger partial charge in [-0.3, -0.25) is 9.97 Å². The van der Waals surface area contributed by atoms with E-state index < -0.39 is 35.6 Å². The van der Waals surface area contributed by atoms with Crippen molar-refractivity contribution in [2.24, 2.45) is 41.4 Å². The number of rotatable bonds is 12. The van der Waals surface area contributed by atoms with Gasteiger partial charge in [0.15, 0.2) is 0 Å². The molecule has 592 valence electrons. The summed E-state index contributed by atoms with van der Waals surface area (Å²) in [6.45, 7) is 9.76. The van der Waals surface area contributed by atoms with E-state index in [0.717, 1.165) is 176 Å². The lowest BCUT2D eigenvalue weighted by molar-refractivity contribution is 0.308. The van der Waals surface area contributed by atoms with Gasteiger partial charge in [-0.2, -0.15) is 0 Å². The second kappa shape index (κ2) is 33.3. The van der Waals surface area contributed by atoms with Crippen LogP contribution >= 0.6 is 0 Å². The molecular weight excluding hydrogens is 1460 g/mol. The predicted octanol–water partition coefficient (Wildman–Crippen LogP) is 14.7. The van der Waals surface area contributed by atoms with Crippen LogP contribution in [0.25, 0.3) is 73.1 Å². The average molecular weight is 1560 g/mol. The van der Waals surface area contributed by atoms with E-state index in [1.54, 1.807) is 43.1 Å². The van der Waals surface area contributed by atoms with E-state index in [2.05, 4.69) is 111 Å². The van der Waals surface area contributed by atoms with Crippen LogP contribution in [-0.4, -0.2) is 135 Å². The van der Waals surface area contributed by atoms with Gasteiger partial charge in [0.1, 0.15) is 51.5 Å². The van der Waals surface area contributed by atoms with Crippen molar-refractivity contribution < 1.29 is 52.8 Å². The van der Waals surface area contributed by atoms with Crippen molar-refractivity contribution in [3.63, 3.8) is 0 Å². The van der Waals surface area contributed by atoms with Crippen molar-refractivity contribution in [1.82, 2.24) is 55.2 Å². The van der Waals surface area contributed by atoms with E-state index in [0.29, 0.717) is 76.5 Å². The van der Waals surface area contributed by atoms with Crippen molar-refractivity contribution in [2.75, 3.05) is 17.2 Å². The van der Waals surface area contributed by atoms with Crippen LogP contribution in [0.15, 0.2) is 140 Å². The van der Waals surface area contributed by atoms with Crippen molar-refractivity contribution in [3.8, 4) is 28.7 Å². The van der Waals surface area contributed by atoms with Crippen LogP contribution in [-0.2, 0) is 12.8 Å². The number of anilines is 2. The van der Waals surface area contributed by atoms with E-state index in [9.17, 15) is 29.5 Å². The van der Waals surface area contributed by atoms with Crippen molar-refractivity contribution in [3.05, 3.63) is 202 Å². The molecular formula is C87H97B5FN13O10. The summed E-state index contributed by atoms with van der Waals surface area (Å²) in [5.74, 6) is 17.3. The Morgan fingerprint density at radius 3 is 1.27 bits per heavy atom. The third-order valence-corrected chi connectivity index (χ3v) is 25.6. The quantitative estimate of drug-likeness (QED) is 0.0506. The molecule has 23 nitrogen and oxygen atoms in total. The van der Waals surface area contributed by atoms with Gasteiger partial charge in [-0.25, -0.2) is 24.3 Å². The van der Waals surface area contributed by atoms with Gasteiger partial charge in [-0.05, 0) is 239 Å². The number of nitrogens with one attached hydrogen (secondary N) is 7. The van der Waals surface area contributed by atoms with Crippen molar-refractivity contribution >= 4 is 120 Å². The first kappa shape index (κ1) is 76.9. The van der Waals surface area contributed by atoms with Gasteiger partial charge in [0.05, 0.1) is 42.4 Å². The normalized spacial score (nSPS) is 24.1. The minimum Gasteiger partial charge on any atom is -0.531 e. The summed E-state index contributed by atoms with van der Waals surface area (Å²) in [5, 5.41) is 63.9. The number of aryl methyl sites for hydroxylation is 1. The Balaban J connectivity index is 0.000000101. The molecule has 0 radical (unpaired) electrons. The maximum Gasteiger partial charge on any atom is 0.552 e. The van der Waals surface area contributed by atoms with Crippen LogP contribution in [0.4, 0.5) is 16.0 Å². The summed E-state index contributed by atoms with van der Waals surface area (Å²) in [5.41, 5.74) is 20.6. The van der Waals surface area contributed by atoms with Crippen LogP contribution < -0.4 is 39.2 Å². The standard InChI is InChI=1S/C20H18BFN2O2.C18H19BN4O2.C17H21BN2O2.C16H20BN3O2.C16H19BN2O2/c22-13-4-6-14(7-5-13)24-15-8-12(9-15)17-10-21(25)26-19-11-23-18-3-1-2-16(18)20(17)19;1-10-8-21-18(22-10)23-12-5-11(6-12)14-7-19(24)25-16-9-20-15-4-2-3-13(15)17(14)16;1-2-11-3-5-12(6-4-11)14-9-18(21)22-15-10-20-17-13(16(14)15)7-8-19-17;1-2-18-11-4-3-10(7-11)13-8-17(21)22-14-9-20-16-12(15(13)14)5-6-19-16;1-10-2-4-11(5-3-10)13-8-17(20)21-14-9-19-16-12(15(13)14)6-7-18-16/h1-2,4-7,10-12,15,24-25H,3,8-9H2;2-3,7-9,11-12,24H,4-6H2,1H3,(H2,21,22,23);7-12,21H,2-6H2,1H3,(H,19,20);5-6,8-11,18,21H,2-4,7H2,1H3,(H,19,20);6-11,20H,2-5H2,1H3,(H,18,19)/t;;;10-,11+;/m...1./s1. The van der Waals surface area contributed by atoms with E-state index in [-0.39, 0.29) is 5.82 Å². The zero-order valence-electron chi connectivity index (χ0n) is 65.9. The molecule has 5 fully saturated rings. The first-order chi connectivity index (χ1) is 56.6. The highest BCUT2D eigenvalue weighted by molar-refractivity contribution is 6.54. The lowest BCUT2D eigenvalue weighted by atomic mass is 9.68. The number of pyridine rings is 5. The molecule has 12 aliphatic rings. The minimum atomic E-state index is -0.924. The molecule has 0 spiro atoms. The number of fused-ring (bicyclic) bond motifs is 15. The number of nitrogens with zero attached hydrogens (tertiary/aromatic N) is 6. The van der Waals surface area contributed by atoms with Crippen LogP contribution in [0.1, 0.15) is 180 Å². The summed E-state index contributed by atoms with van der Waals surface area (Å²) in [7, 11) is -4.41. The molecule has 7 aliphatic carbocycles. The molecule has 5 aliphatic heterocycles. The molecule has 0 bridgehead atoms. The SMILES string of the molecule is CC1CCC(C2=CB(O)Oc3cnc4[nH]ccc4c32)CC1.CCC1CCC(C2=CB(O)Oc3cnc4[nH]ccc4c32)CC1.CCN[C@H]1CC[C@@H](C2=CB(O)Oc3cnc4[nH]ccc4c32)C1.Cc1cnc(NC2CC(C3=CB(O)Oc4cnc5c(c43)C=CC5)C2)[nH]1.OB1C=C(C2CC(Nc3ccc(F)cc3)C2)c2c(cnc3c2C=CC3)O1. The highest BCUT2D eigenvalue weighted by Gasteiger charge is 2.42. The molecule has 12 N–H and O–H groups in total. The maximum atomic E-state index is 13.0. The molecule has 29 heteroatoms. The molecule has 1 aromatic carbocycles. The number of hydrogen-bond donors (Lipinski definition) is 12. The number of halogens is 1. The van der Waals surface area contributed by atoms with Gasteiger partial charge in [0, 0.05) is 122 Å². The summed E-state index contributed by atoms with van der Waals surface area (Å²) < 4.78 is 40.9. The van der Waals surface area contributed by atoms with E-state index in [1.807, 2.05) is 79.8 Å². The Morgan fingerprint density at radius 2 is 0.836 bits per heavy atom. The molecule has 0 amide bonds. The molecule has 22 rings (SSSR count). The van der Waals surface area contributed by atoms with Gasteiger partial charge in [-0.1, -0.05) is 64.3 Å². The van der Waals surface area contributed by atoms with Crippen LogP contribution in [0.3, 0.4) is 0 Å². The number of imidazole rings is 1. The Labute approximate surface area is 675 Å². The first-order valence-corrected chi connectivity index (χ1v) is 41.7. The largest absolute Gasteiger partial charge is 0.552 e.